The van der Waals surface area contributed by atoms with Crippen LogP contribution < -0.4 is 25.6 Å². The van der Waals surface area contributed by atoms with E-state index < -0.39 is 0 Å². The van der Waals surface area contributed by atoms with E-state index in [0.717, 1.165) is 28.4 Å². The normalized spacial score (nSPS) is 14.9. The quantitative estimate of drug-likeness (QED) is 0.154. The van der Waals surface area contributed by atoms with Crippen molar-refractivity contribution in [2.24, 2.45) is 0 Å². The lowest BCUT2D eigenvalue weighted by Crippen LogP contribution is -2.57. The maximum Gasteiger partial charge on any atom is 0.248 e. The molecule has 4 heteroatoms. The minimum atomic E-state index is -0.263. The average molecular weight is 898 g/mol. The van der Waals surface area contributed by atoms with Crippen molar-refractivity contribution in [2.75, 3.05) is 14.7 Å². The molecule has 11 rings (SSSR count). The van der Waals surface area contributed by atoms with Gasteiger partial charge in [-0.25, -0.2) is 0 Å². The van der Waals surface area contributed by atoms with Crippen molar-refractivity contribution in [3.63, 3.8) is 0 Å². The summed E-state index contributed by atoms with van der Waals surface area (Å²) in [6, 6.07) is 71.2. The molecule has 342 valence electrons. The van der Waals surface area contributed by atoms with Crippen molar-refractivity contribution >= 4 is 68.8 Å². The molecule has 3 aliphatic rings. The third-order valence-corrected chi connectivity index (χ3v) is 15.1. The number of hydrogen-bond donors (Lipinski definition) is 0. The van der Waals surface area contributed by atoms with Crippen molar-refractivity contribution in [3.05, 3.63) is 221 Å². The summed E-state index contributed by atoms with van der Waals surface area (Å²) < 4.78 is 0. The third-order valence-electron chi connectivity index (χ3n) is 15.1. The SMILES string of the molecule is CC(C)(C)c1ccc(-c2cccc(N3C4=C(B5c6ccc(N(c7ccc(C(C)(C)C)cc7)c7ccc(C(C)(C)C)cc7)cc6N(c6ccccc6)c6cccc3c65)C(C)(C)c3ccccc34)c2)cc1. The summed E-state index contributed by atoms with van der Waals surface area (Å²) >= 11 is 0. The zero-order valence-electron chi connectivity index (χ0n) is 42.3. The van der Waals surface area contributed by atoms with Gasteiger partial charge < -0.3 is 14.7 Å². The molecule has 0 saturated carbocycles. The molecule has 0 unspecified atom stereocenters. The van der Waals surface area contributed by atoms with Crippen LogP contribution in [0, 0.1) is 0 Å². The van der Waals surface area contributed by atoms with Crippen molar-refractivity contribution in [2.45, 2.75) is 97.8 Å². The number of allylic oxidation sites excluding steroid dienone is 1. The summed E-state index contributed by atoms with van der Waals surface area (Å²) in [5.74, 6) is 0. The predicted octanol–water partition coefficient (Wildman–Crippen LogP) is 16.5. The number of benzene rings is 8. The van der Waals surface area contributed by atoms with Crippen LogP contribution in [0.4, 0.5) is 45.5 Å². The van der Waals surface area contributed by atoms with E-state index in [0.29, 0.717) is 0 Å². The standard InChI is InChI=1S/C65H64BN3/c1-62(2,3)45-29-27-43(28-30-45)44-19-17-22-51(41-44)69-57-26-18-25-56-59(57)66(61-60(69)53-23-15-16-24-54(53)65(61,10)11)55-40-39-52(42-58(55)68(56)48-20-13-12-14-21-48)67(49-35-31-46(32-36-49)63(4,5)6)50-37-33-47(34-38-50)64(7,8)9/h12-42H,1-11H3. The maximum absolute atomic E-state index is 2.60. The molecule has 0 N–H and O–H groups in total. The van der Waals surface area contributed by atoms with Gasteiger partial charge in [0.05, 0.1) is 0 Å². The molecule has 1 aliphatic carbocycles. The van der Waals surface area contributed by atoms with Crippen LogP contribution in [-0.2, 0) is 21.7 Å². The fraction of sp³-hybridized carbons (Fsp3) is 0.231. The van der Waals surface area contributed by atoms with Crippen LogP contribution in [0.2, 0.25) is 0 Å². The lowest BCUT2D eigenvalue weighted by molar-refractivity contribution is 0.590. The first kappa shape index (κ1) is 44.5. The highest BCUT2D eigenvalue weighted by Crippen LogP contribution is 2.56. The first-order chi connectivity index (χ1) is 32.9. The highest BCUT2D eigenvalue weighted by atomic mass is 15.2. The Balaban J connectivity index is 1.14. The van der Waals surface area contributed by atoms with Crippen LogP contribution in [0.5, 0.6) is 0 Å². The Hall–Kier alpha value is -7.04. The molecular weight excluding hydrogens is 834 g/mol. The van der Waals surface area contributed by atoms with Crippen molar-refractivity contribution in [3.8, 4) is 11.1 Å². The van der Waals surface area contributed by atoms with Crippen molar-refractivity contribution < 1.29 is 0 Å². The van der Waals surface area contributed by atoms with Gasteiger partial charge in [-0.3, -0.25) is 0 Å². The monoisotopic (exact) mass is 898 g/mol. The molecule has 0 amide bonds. The molecule has 0 spiro atoms. The van der Waals surface area contributed by atoms with Crippen LogP contribution in [0.1, 0.15) is 104 Å². The second-order valence-electron chi connectivity index (χ2n) is 23.1. The first-order valence-electron chi connectivity index (χ1n) is 24.9. The maximum atomic E-state index is 2.60. The van der Waals surface area contributed by atoms with E-state index in [9.17, 15) is 0 Å². The third kappa shape index (κ3) is 7.42. The zero-order chi connectivity index (χ0) is 48.2. The molecule has 0 aromatic heterocycles. The van der Waals surface area contributed by atoms with Gasteiger partial charge in [-0.05, 0) is 133 Å². The van der Waals surface area contributed by atoms with E-state index in [1.807, 2.05) is 0 Å². The van der Waals surface area contributed by atoms with Crippen molar-refractivity contribution in [1.82, 2.24) is 0 Å². The van der Waals surface area contributed by atoms with E-state index in [2.05, 4.69) is 279 Å². The summed E-state index contributed by atoms with van der Waals surface area (Å²) in [7, 11) is 0. The fourth-order valence-corrected chi connectivity index (χ4v) is 11.4. The van der Waals surface area contributed by atoms with Gasteiger partial charge in [0.2, 0.25) is 6.71 Å². The highest BCUT2D eigenvalue weighted by Gasteiger charge is 2.53. The Morgan fingerprint density at radius 1 is 0.420 bits per heavy atom. The molecule has 69 heavy (non-hydrogen) atoms. The largest absolute Gasteiger partial charge is 0.311 e. The van der Waals surface area contributed by atoms with E-state index in [4.69, 9.17) is 0 Å². The average Bonchev–Trinajstić information content (AvgIpc) is 3.57. The molecule has 0 bridgehead atoms. The number of para-hydroxylation sites is 1. The van der Waals surface area contributed by atoms with Crippen LogP contribution in [0.15, 0.2) is 194 Å². The molecule has 2 heterocycles. The summed E-state index contributed by atoms with van der Waals surface area (Å²) in [5.41, 5.74) is 23.7. The Kier molecular flexibility index (Phi) is 10.3. The Bertz CT molecular complexity index is 3230. The number of rotatable bonds is 6. The van der Waals surface area contributed by atoms with E-state index in [-0.39, 0.29) is 28.4 Å². The Labute approximate surface area is 411 Å². The summed E-state index contributed by atoms with van der Waals surface area (Å²) in [6.07, 6.45) is 0. The highest BCUT2D eigenvalue weighted by molar-refractivity contribution is 6.96. The Morgan fingerprint density at radius 3 is 1.52 bits per heavy atom. The number of fused-ring (bicyclic) bond motifs is 5. The summed E-state index contributed by atoms with van der Waals surface area (Å²) in [4.78, 5) is 7.57. The molecule has 0 saturated heterocycles. The molecule has 8 aromatic rings. The van der Waals surface area contributed by atoms with Gasteiger partial charge in [-0.1, -0.05) is 197 Å². The van der Waals surface area contributed by atoms with E-state index in [1.54, 1.807) is 0 Å². The minimum absolute atomic E-state index is 0.00701. The zero-order valence-corrected chi connectivity index (χ0v) is 42.3. The van der Waals surface area contributed by atoms with Crippen LogP contribution in [0.25, 0.3) is 16.8 Å². The molecule has 0 radical (unpaired) electrons. The molecule has 0 atom stereocenters. The summed E-state index contributed by atoms with van der Waals surface area (Å²) in [6.45, 7) is 25.5. The van der Waals surface area contributed by atoms with Gasteiger partial charge >= 0.3 is 0 Å². The lowest BCUT2D eigenvalue weighted by atomic mass is 9.30. The van der Waals surface area contributed by atoms with Gasteiger partial charge in [0, 0.05) is 62.2 Å². The predicted molar refractivity (Wildman–Crippen MR) is 297 cm³/mol. The molecule has 3 nitrogen and oxygen atoms in total. The van der Waals surface area contributed by atoms with Crippen LogP contribution in [0.3, 0.4) is 0 Å². The number of nitrogens with zero attached hydrogens (tertiary/aromatic N) is 3. The molecule has 0 fully saturated rings. The number of anilines is 8. The molecule has 2 aliphatic heterocycles. The van der Waals surface area contributed by atoms with Gasteiger partial charge in [-0.15, -0.1) is 0 Å². The first-order valence-corrected chi connectivity index (χ1v) is 24.9. The summed E-state index contributed by atoms with van der Waals surface area (Å²) in [5, 5.41) is 0. The minimum Gasteiger partial charge on any atom is -0.311 e. The van der Waals surface area contributed by atoms with Gasteiger partial charge in [0.15, 0.2) is 0 Å². The van der Waals surface area contributed by atoms with Crippen LogP contribution >= 0.6 is 0 Å². The number of hydrogen-bond acceptors (Lipinski definition) is 3. The topological polar surface area (TPSA) is 9.72 Å². The van der Waals surface area contributed by atoms with E-state index >= 15 is 0 Å². The van der Waals surface area contributed by atoms with E-state index in [1.165, 1.54) is 78.1 Å². The second-order valence-corrected chi connectivity index (χ2v) is 23.1. The second kappa shape index (κ2) is 16.0. The fourth-order valence-electron chi connectivity index (χ4n) is 11.4. The Morgan fingerprint density at radius 2 is 0.928 bits per heavy atom. The van der Waals surface area contributed by atoms with Gasteiger partial charge in [-0.2, -0.15) is 0 Å². The van der Waals surface area contributed by atoms with Gasteiger partial charge in [0.1, 0.15) is 0 Å². The van der Waals surface area contributed by atoms with Gasteiger partial charge in [0.25, 0.3) is 0 Å². The lowest BCUT2D eigenvalue weighted by Gasteiger charge is -2.46. The van der Waals surface area contributed by atoms with Crippen LogP contribution in [-0.4, -0.2) is 6.71 Å². The van der Waals surface area contributed by atoms with Crippen molar-refractivity contribution in [1.29, 1.82) is 0 Å². The smallest absolute Gasteiger partial charge is 0.248 e. The molecular formula is C65H64BN3. The molecule has 8 aromatic carbocycles.